The molecule has 0 heterocycles. The van der Waals surface area contributed by atoms with Crippen LogP contribution < -0.4 is 15.8 Å². The summed E-state index contributed by atoms with van der Waals surface area (Å²) in [5.74, 6) is 0.251. The zero-order valence-corrected chi connectivity index (χ0v) is 10.3. The van der Waals surface area contributed by atoms with Crippen LogP contribution in [-0.2, 0) is 0 Å². The highest BCUT2D eigenvalue weighted by molar-refractivity contribution is 5.95. The van der Waals surface area contributed by atoms with Crippen molar-refractivity contribution in [3.05, 3.63) is 23.8 Å². The van der Waals surface area contributed by atoms with E-state index in [4.69, 9.17) is 15.6 Å². The van der Waals surface area contributed by atoms with Gasteiger partial charge in [0.2, 0.25) is 0 Å². The first-order valence-corrected chi connectivity index (χ1v) is 5.26. The molecule has 0 saturated carbocycles. The van der Waals surface area contributed by atoms with Crippen molar-refractivity contribution in [1.29, 1.82) is 0 Å². The number of hydrogen-bond acceptors (Lipinski definition) is 4. The lowest BCUT2D eigenvalue weighted by Crippen LogP contribution is -2.46. The fourth-order valence-corrected chi connectivity index (χ4v) is 1.29. The lowest BCUT2D eigenvalue weighted by molar-refractivity contribution is 0.0869. The predicted octanol–water partition coefficient (Wildman–Crippen LogP) is 0.778. The number of carbonyl (C=O) groups excluding carboxylic acids is 1. The molecule has 0 aliphatic heterocycles. The van der Waals surface area contributed by atoms with E-state index in [1.165, 1.54) is 7.11 Å². The second kappa shape index (κ2) is 5.05. The molecule has 0 atom stereocenters. The molecule has 0 saturated heterocycles. The number of nitrogen functional groups attached to an aromatic ring is 1. The monoisotopic (exact) mass is 238 g/mol. The van der Waals surface area contributed by atoms with Crippen molar-refractivity contribution < 1.29 is 14.6 Å². The van der Waals surface area contributed by atoms with Gasteiger partial charge in [-0.2, -0.15) is 0 Å². The summed E-state index contributed by atoms with van der Waals surface area (Å²) in [6, 6.07) is 4.80. The lowest BCUT2D eigenvalue weighted by Gasteiger charge is -2.23. The van der Waals surface area contributed by atoms with Gasteiger partial charge in [-0.1, -0.05) is 0 Å². The summed E-state index contributed by atoms with van der Waals surface area (Å²) in [5.41, 5.74) is 5.89. The number of nitrogens with one attached hydrogen (secondary N) is 1. The molecule has 5 nitrogen and oxygen atoms in total. The first-order chi connectivity index (χ1) is 7.89. The Hall–Kier alpha value is -1.75. The van der Waals surface area contributed by atoms with Crippen LogP contribution in [0.5, 0.6) is 5.75 Å². The molecule has 0 spiro atoms. The van der Waals surface area contributed by atoms with Gasteiger partial charge in [0, 0.05) is 5.56 Å². The average molecular weight is 238 g/mol. The SMILES string of the molecule is COc1ccc(C(=O)NC(C)(C)CO)cc1N. The van der Waals surface area contributed by atoms with E-state index in [0.29, 0.717) is 17.0 Å². The predicted molar refractivity (Wildman–Crippen MR) is 66.0 cm³/mol. The fourth-order valence-electron chi connectivity index (χ4n) is 1.29. The Morgan fingerprint density at radius 3 is 2.65 bits per heavy atom. The van der Waals surface area contributed by atoms with Crippen LogP contribution in [0.2, 0.25) is 0 Å². The average Bonchev–Trinajstić information content (AvgIpc) is 2.28. The number of carbonyl (C=O) groups is 1. The quantitative estimate of drug-likeness (QED) is 0.677. The molecule has 1 aromatic carbocycles. The van der Waals surface area contributed by atoms with Crippen LogP contribution in [0, 0.1) is 0 Å². The third-order valence-electron chi connectivity index (χ3n) is 2.34. The molecule has 0 aromatic heterocycles. The number of ether oxygens (including phenoxy) is 1. The van der Waals surface area contributed by atoms with Crippen molar-refractivity contribution in [2.45, 2.75) is 19.4 Å². The molecular formula is C12H18N2O3. The number of nitrogens with two attached hydrogens (primary N) is 1. The molecule has 0 radical (unpaired) electrons. The molecule has 0 aliphatic carbocycles. The van der Waals surface area contributed by atoms with Crippen LogP contribution >= 0.6 is 0 Å². The van der Waals surface area contributed by atoms with E-state index < -0.39 is 5.54 Å². The fraction of sp³-hybridized carbons (Fsp3) is 0.417. The smallest absolute Gasteiger partial charge is 0.251 e. The second-order valence-corrected chi connectivity index (χ2v) is 4.45. The van der Waals surface area contributed by atoms with E-state index in [-0.39, 0.29) is 12.5 Å². The number of hydrogen-bond donors (Lipinski definition) is 3. The minimum atomic E-state index is -0.661. The first kappa shape index (κ1) is 13.3. The molecule has 94 valence electrons. The molecular weight excluding hydrogens is 220 g/mol. The summed E-state index contributed by atoms with van der Waals surface area (Å²) < 4.78 is 5.01. The summed E-state index contributed by atoms with van der Waals surface area (Å²) in [5, 5.41) is 11.8. The highest BCUT2D eigenvalue weighted by Gasteiger charge is 2.20. The number of rotatable bonds is 4. The molecule has 5 heteroatoms. The van der Waals surface area contributed by atoms with Crippen LogP contribution in [0.25, 0.3) is 0 Å². The maximum atomic E-state index is 11.9. The first-order valence-electron chi connectivity index (χ1n) is 5.26. The number of aliphatic hydroxyl groups is 1. The van der Waals surface area contributed by atoms with Gasteiger partial charge in [0.15, 0.2) is 0 Å². The number of aliphatic hydroxyl groups excluding tert-OH is 1. The molecule has 0 bridgehead atoms. The largest absolute Gasteiger partial charge is 0.495 e. The van der Waals surface area contributed by atoms with E-state index in [1.54, 1.807) is 32.0 Å². The Balaban J connectivity index is 2.87. The van der Waals surface area contributed by atoms with Gasteiger partial charge in [0.25, 0.3) is 5.91 Å². The molecule has 0 unspecified atom stereocenters. The van der Waals surface area contributed by atoms with Gasteiger partial charge in [-0.3, -0.25) is 4.79 Å². The molecule has 1 amide bonds. The van der Waals surface area contributed by atoms with Crippen molar-refractivity contribution in [2.75, 3.05) is 19.5 Å². The lowest BCUT2D eigenvalue weighted by atomic mass is 10.1. The van der Waals surface area contributed by atoms with Crippen LogP contribution in [0.3, 0.4) is 0 Å². The maximum absolute atomic E-state index is 11.9. The number of amides is 1. The normalized spacial score (nSPS) is 11.1. The topological polar surface area (TPSA) is 84.6 Å². The highest BCUT2D eigenvalue weighted by Crippen LogP contribution is 2.22. The van der Waals surface area contributed by atoms with Gasteiger partial charge >= 0.3 is 0 Å². The number of benzene rings is 1. The van der Waals surface area contributed by atoms with Crippen LogP contribution in [0.15, 0.2) is 18.2 Å². The Bertz CT molecular complexity index is 416. The number of anilines is 1. The van der Waals surface area contributed by atoms with Crippen LogP contribution in [0.1, 0.15) is 24.2 Å². The minimum absolute atomic E-state index is 0.135. The molecule has 1 aromatic rings. The van der Waals surface area contributed by atoms with E-state index in [1.807, 2.05) is 0 Å². The third-order valence-corrected chi connectivity index (χ3v) is 2.34. The number of methoxy groups -OCH3 is 1. The Kier molecular flexibility index (Phi) is 3.96. The van der Waals surface area contributed by atoms with E-state index in [2.05, 4.69) is 5.32 Å². The van der Waals surface area contributed by atoms with Gasteiger partial charge in [-0.15, -0.1) is 0 Å². The van der Waals surface area contributed by atoms with Crippen molar-refractivity contribution in [3.63, 3.8) is 0 Å². The van der Waals surface area contributed by atoms with Crippen LogP contribution in [0.4, 0.5) is 5.69 Å². The highest BCUT2D eigenvalue weighted by atomic mass is 16.5. The third kappa shape index (κ3) is 3.35. The second-order valence-electron chi connectivity index (χ2n) is 4.45. The summed E-state index contributed by atoms with van der Waals surface area (Å²) in [6.45, 7) is 3.33. The maximum Gasteiger partial charge on any atom is 0.251 e. The molecule has 0 fully saturated rings. The zero-order chi connectivity index (χ0) is 13.1. The van der Waals surface area contributed by atoms with Gasteiger partial charge in [0.1, 0.15) is 5.75 Å². The summed E-state index contributed by atoms with van der Waals surface area (Å²) >= 11 is 0. The molecule has 4 N–H and O–H groups in total. The Morgan fingerprint density at radius 2 is 2.18 bits per heavy atom. The molecule has 1 rings (SSSR count). The van der Waals surface area contributed by atoms with Crippen molar-refractivity contribution in [1.82, 2.24) is 5.32 Å². The summed E-state index contributed by atoms with van der Waals surface area (Å²) in [7, 11) is 1.51. The van der Waals surface area contributed by atoms with E-state index in [9.17, 15) is 4.79 Å². The van der Waals surface area contributed by atoms with Gasteiger partial charge in [-0.05, 0) is 32.0 Å². The van der Waals surface area contributed by atoms with E-state index in [0.717, 1.165) is 0 Å². The standard InChI is InChI=1S/C12H18N2O3/c1-12(2,7-15)14-11(16)8-4-5-10(17-3)9(13)6-8/h4-6,15H,7,13H2,1-3H3,(H,14,16). The van der Waals surface area contributed by atoms with Crippen molar-refractivity contribution >= 4 is 11.6 Å². The molecule has 17 heavy (non-hydrogen) atoms. The Morgan fingerprint density at radius 1 is 1.53 bits per heavy atom. The van der Waals surface area contributed by atoms with Gasteiger partial charge in [-0.25, -0.2) is 0 Å². The Labute approximate surface area is 101 Å². The summed E-state index contributed by atoms with van der Waals surface area (Å²) in [6.07, 6.45) is 0. The van der Waals surface area contributed by atoms with Gasteiger partial charge in [0.05, 0.1) is 24.9 Å². The minimum Gasteiger partial charge on any atom is -0.495 e. The zero-order valence-electron chi connectivity index (χ0n) is 10.3. The summed E-state index contributed by atoms with van der Waals surface area (Å²) in [4.78, 5) is 11.9. The van der Waals surface area contributed by atoms with Crippen LogP contribution in [-0.4, -0.2) is 30.3 Å². The van der Waals surface area contributed by atoms with Crippen molar-refractivity contribution in [3.8, 4) is 5.75 Å². The van der Waals surface area contributed by atoms with Gasteiger partial charge < -0.3 is 20.9 Å². The van der Waals surface area contributed by atoms with Crippen molar-refractivity contribution in [2.24, 2.45) is 0 Å². The molecule has 0 aliphatic rings. The van der Waals surface area contributed by atoms with E-state index >= 15 is 0 Å².